The van der Waals surface area contributed by atoms with Crippen molar-refractivity contribution in [3.05, 3.63) is 70.3 Å². The molecule has 0 spiro atoms. The van der Waals surface area contributed by atoms with Crippen molar-refractivity contribution in [1.82, 2.24) is 10.2 Å². The fraction of sp³-hybridized carbons (Fsp3) is 0.120. The molecule has 0 aliphatic rings. The number of benzene rings is 2. The standard InChI is InChI=1S/C25H20N2O8S/c1-13-18(5-4-6-19(13)23(28)29)20-8-7-15(34-20)12-21(24(30)31)36-25-27-26-22(35-25)14-9-16(32-2)11-17(10-14)33-3/h4-12H,1-3H3,(H,28,29)(H,30,31)/b21-12-. The predicted molar refractivity (Wildman–Crippen MR) is 130 cm³/mol. The van der Waals surface area contributed by atoms with E-state index in [0.717, 1.165) is 11.8 Å². The monoisotopic (exact) mass is 508 g/mol. The molecule has 2 aromatic carbocycles. The number of methoxy groups -OCH3 is 2. The van der Waals surface area contributed by atoms with Crippen LogP contribution in [0.15, 0.2) is 67.5 Å². The van der Waals surface area contributed by atoms with Gasteiger partial charge in [-0.25, -0.2) is 9.59 Å². The number of carboxylic acids is 2. The number of carbonyl (C=O) groups is 2. The van der Waals surface area contributed by atoms with Gasteiger partial charge in [0.25, 0.3) is 5.22 Å². The van der Waals surface area contributed by atoms with E-state index >= 15 is 0 Å². The van der Waals surface area contributed by atoms with E-state index in [2.05, 4.69) is 10.2 Å². The van der Waals surface area contributed by atoms with Crippen molar-refractivity contribution >= 4 is 29.8 Å². The second-order valence-corrected chi connectivity index (χ2v) is 8.37. The van der Waals surface area contributed by atoms with Crippen LogP contribution in [0.4, 0.5) is 0 Å². The first-order chi connectivity index (χ1) is 17.3. The minimum atomic E-state index is -1.22. The van der Waals surface area contributed by atoms with Gasteiger partial charge < -0.3 is 28.5 Å². The Hall–Kier alpha value is -4.51. The maximum Gasteiger partial charge on any atom is 0.342 e. The summed E-state index contributed by atoms with van der Waals surface area (Å²) >= 11 is 0.763. The Morgan fingerprint density at radius 1 is 0.972 bits per heavy atom. The van der Waals surface area contributed by atoms with Gasteiger partial charge in [-0.2, -0.15) is 0 Å². The van der Waals surface area contributed by atoms with E-state index < -0.39 is 11.9 Å². The highest BCUT2D eigenvalue weighted by molar-refractivity contribution is 8.03. The molecule has 184 valence electrons. The molecule has 0 fully saturated rings. The summed E-state index contributed by atoms with van der Waals surface area (Å²) in [6.45, 7) is 1.68. The van der Waals surface area contributed by atoms with Crippen LogP contribution < -0.4 is 9.47 Å². The maximum atomic E-state index is 11.9. The van der Waals surface area contributed by atoms with Crippen LogP contribution in [0.5, 0.6) is 11.5 Å². The van der Waals surface area contributed by atoms with Crippen molar-refractivity contribution < 1.29 is 38.1 Å². The van der Waals surface area contributed by atoms with Crippen LogP contribution in [-0.4, -0.2) is 46.6 Å². The highest BCUT2D eigenvalue weighted by Crippen LogP contribution is 2.34. The van der Waals surface area contributed by atoms with Gasteiger partial charge in [-0.15, -0.1) is 10.2 Å². The Labute approximate surface area is 209 Å². The fourth-order valence-electron chi connectivity index (χ4n) is 3.37. The third-order valence-electron chi connectivity index (χ3n) is 5.14. The zero-order valence-electron chi connectivity index (χ0n) is 19.3. The van der Waals surface area contributed by atoms with E-state index in [-0.39, 0.29) is 27.3 Å². The number of ether oxygens (including phenoxy) is 2. The van der Waals surface area contributed by atoms with E-state index in [1.165, 1.54) is 26.4 Å². The van der Waals surface area contributed by atoms with Gasteiger partial charge in [-0.1, -0.05) is 12.1 Å². The zero-order valence-corrected chi connectivity index (χ0v) is 20.2. The Morgan fingerprint density at radius 2 is 1.69 bits per heavy atom. The van der Waals surface area contributed by atoms with Gasteiger partial charge >= 0.3 is 11.9 Å². The van der Waals surface area contributed by atoms with E-state index in [1.807, 2.05) is 0 Å². The first kappa shape index (κ1) is 24.6. The number of hydrogen-bond acceptors (Lipinski definition) is 9. The normalized spacial score (nSPS) is 11.4. The molecule has 0 radical (unpaired) electrons. The molecule has 36 heavy (non-hydrogen) atoms. The lowest BCUT2D eigenvalue weighted by atomic mass is 10.0. The van der Waals surface area contributed by atoms with Gasteiger partial charge in [0, 0.05) is 23.3 Å². The van der Waals surface area contributed by atoms with Crippen molar-refractivity contribution in [2.75, 3.05) is 14.2 Å². The van der Waals surface area contributed by atoms with Crippen molar-refractivity contribution in [2.24, 2.45) is 0 Å². The summed E-state index contributed by atoms with van der Waals surface area (Å²) in [5.41, 5.74) is 1.83. The number of rotatable bonds is 9. The molecule has 2 N–H and O–H groups in total. The van der Waals surface area contributed by atoms with Crippen LogP contribution >= 0.6 is 11.8 Å². The number of nitrogens with zero attached hydrogens (tertiary/aromatic N) is 2. The summed E-state index contributed by atoms with van der Waals surface area (Å²) in [5, 5.41) is 27.0. The first-order valence-corrected chi connectivity index (χ1v) is 11.2. The Kier molecular flexibility index (Phi) is 7.11. The predicted octanol–water partition coefficient (Wildman–Crippen LogP) is 5.24. The molecule has 0 saturated carbocycles. The molecule has 0 bridgehead atoms. The van der Waals surface area contributed by atoms with Gasteiger partial charge in [-0.05, 0) is 54.6 Å². The smallest absolute Gasteiger partial charge is 0.342 e. The lowest BCUT2D eigenvalue weighted by molar-refractivity contribution is -0.131. The Morgan fingerprint density at radius 3 is 2.33 bits per heavy atom. The van der Waals surface area contributed by atoms with Crippen LogP contribution in [0.1, 0.15) is 21.7 Å². The molecule has 0 atom stereocenters. The summed E-state index contributed by atoms with van der Waals surface area (Å²) in [7, 11) is 3.03. The Balaban J connectivity index is 1.59. The molecule has 4 rings (SSSR count). The fourth-order valence-corrected chi connectivity index (χ4v) is 4.02. The molecule has 0 aliphatic heterocycles. The Bertz CT molecular complexity index is 1450. The van der Waals surface area contributed by atoms with Crippen molar-refractivity contribution in [3.8, 4) is 34.3 Å². The number of aromatic carboxylic acids is 1. The quantitative estimate of drug-likeness (QED) is 0.226. The molecule has 2 aromatic heterocycles. The van der Waals surface area contributed by atoms with Gasteiger partial charge in [0.15, 0.2) is 0 Å². The molecular formula is C25H20N2O8S. The summed E-state index contributed by atoms with van der Waals surface area (Å²) in [4.78, 5) is 23.2. The number of aromatic nitrogens is 2. The number of hydrogen-bond donors (Lipinski definition) is 2. The molecule has 0 aliphatic carbocycles. The van der Waals surface area contributed by atoms with E-state index in [4.69, 9.17) is 18.3 Å². The summed E-state index contributed by atoms with van der Waals surface area (Å²) in [5.74, 6) is -0.382. The van der Waals surface area contributed by atoms with Crippen LogP contribution in [0.3, 0.4) is 0 Å². The largest absolute Gasteiger partial charge is 0.497 e. The van der Waals surface area contributed by atoms with Crippen molar-refractivity contribution in [3.63, 3.8) is 0 Å². The molecule has 11 heteroatoms. The number of aliphatic carboxylic acids is 1. The summed E-state index contributed by atoms with van der Waals surface area (Å²) in [6.07, 6.45) is 1.32. The number of carboxylic acid groups (broad SMARTS) is 2. The van der Waals surface area contributed by atoms with Gasteiger partial charge in [0.2, 0.25) is 5.89 Å². The third-order valence-corrected chi connectivity index (χ3v) is 5.99. The highest BCUT2D eigenvalue weighted by Gasteiger charge is 2.19. The van der Waals surface area contributed by atoms with Gasteiger partial charge in [-0.3, -0.25) is 0 Å². The molecule has 0 amide bonds. The van der Waals surface area contributed by atoms with Crippen LogP contribution in [0, 0.1) is 6.92 Å². The molecule has 2 heterocycles. The average molecular weight is 509 g/mol. The zero-order chi connectivity index (χ0) is 25.8. The molecule has 10 nitrogen and oxygen atoms in total. The van der Waals surface area contributed by atoms with Crippen molar-refractivity contribution in [1.29, 1.82) is 0 Å². The van der Waals surface area contributed by atoms with Crippen molar-refractivity contribution in [2.45, 2.75) is 12.1 Å². The minimum absolute atomic E-state index is 0.0113. The number of furan rings is 1. The third kappa shape index (κ3) is 5.26. The second-order valence-electron chi connectivity index (χ2n) is 7.38. The topological polar surface area (TPSA) is 145 Å². The summed E-state index contributed by atoms with van der Waals surface area (Å²) < 4.78 is 21.9. The van der Waals surface area contributed by atoms with Crippen LogP contribution in [0.25, 0.3) is 28.9 Å². The average Bonchev–Trinajstić information content (AvgIpc) is 3.53. The first-order valence-electron chi connectivity index (χ1n) is 10.4. The SMILES string of the molecule is COc1cc(OC)cc(-c2nnc(S/C(=C\c3ccc(-c4cccc(C(=O)O)c4C)o3)C(=O)O)o2)c1. The maximum absolute atomic E-state index is 11.9. The van der Waals surface area contributed by atoms with E-state index in [0.29, 0.717) is 33.9 Å². The molecule has 0 unspecified atom stereocenters. The minimum Gasteiger partial charge on any atom is -0.497 e. The second kappa shape index (κ2) is 10.4. The lowest BCUT2D eigenvalue weighted by Gasteiger charge is -2.06. The lowest BCUT2D eigenvalue weighted by Crippen LogP contribution is -2.00. The number of thioether (sulfide) groups is 1. The van der Waals surface area contributed by atoms with E-state index in [1.54, 1.807) is 49.4 Å². The molecule has 0 saturated heterocycles. The van der Waals surface area contributed by atoms with Crippen LogP contribution in [0.2, 0.25) is 0 Å². The summed E-state index contributed by atoms with van der Waals surface area (Å²) in [6, 6.07) is 13.1. The highest BCUT2D eigenvalue weighted by atomic mass is 32.2. The van der Waals surface area contributed by atoms with Crippen LogP contribution in [-0.2, 0) is 4.79 Å². The molecular weight excluding hydrogens is 488 g/mol. The molecule has 4 aromatic rings. The van der Waals surface area contributed by atoms with Gasteiger partial charge in [0.05, 0.1) is 19.8 Å². The van der Waals surface area contributed by atoms with Gasteiger partial charge in [0.1, 0.15) is 27.9 Å². The van der Waals surface area contributed by atoms with E-state index in [9.17, 15) is 19.8 Å².